The topological polar surface area (TPSA) is 98.7 Å². The molecule has 1 aliphatic heterocycles. The second kappa shape index (κ2) is 11.7. The molecule has 0 unspecified atom stereocenters. The predicted octanol–water partition coefficient (Wildman–Crippen LogP) is 4.33. The van der Waals surface area contributed by atoms with Gasteiger partial charge in [-0.05, 0) is 59.1 Å². The molecule has 0 amide bonds. The maximum Gasteiger partial charge on any atom is 0.328 e. The minimum absolute atomic E-state index is 0.0206. The number of aryl methyl sites for hydroxylation is 1. The molecule has 1 fully saturated rings. The van der Waals surface area contributed by atoms with Crippen LogP contribution in [0.2, 0.25) is 0 Å². The van der Waals surface area contributed by atoms with Gasteiger partial charge in [-0.25, -0.2) is 17.2 Å². The van der Waals surface area contributed by atoms with Crippen molar-refractivity contribution in [1.82, 2.24) is 14.9 Å². The average molecular weight is 554 g/mol. The Bertz CT molecular complexity index is 1180. The molecule has 210 valence electrons. The molecule has 1 aromatic heterocycles. The van der Waals surface area contributed by atoms with E-state index < -0.39 is 32.1 Å². The van der Waals surface area contributed by atoms with Crippen molar-refractivity contribution in [3.8, 4) is 11.3 Å². The molecular weight excluding hydrogens is 516 g/mol. The Morgan fingerprint density at radius 3 is 2.18 bits per heavy atom. The number of alkyl halides is 2. The molecule has 0 atom stereocenters. The van der Waals surface area contributed by atoms with Crippen LogP contribution in [0.15, 0.2) is 41.6 Å². The number of sulfone groups is 1. The van der Waals surface area contributed by atoms with Crippen LogP contribution < -0.4 is 0 Å². The second-order valence-electron chi connectivity index (χ2n) is 10.8. The summed E-state index contributed by atoms with van der Waals surface area (Å²) >= 11 is 0. The third-order valence-electron chi connectivity index (χ3n) is 6.55. The molecule has 0 bridgehead atoms. The monoisotopic (exact) mass is 553 g/mol. The van der Waals surface area contributed by atoms with Gasteiger partial charge in [0, 0.05) is 44.9 Å². The van der Waals surface area contributed by atoms with Gasteiger partial charge in [0.2, 0.25) is 5.92 Å². The highest BCUT2D eigenvalue weighted by Gasteiger charge is 2.54. The molecule has 8 nitrogen and oxygen atoms in total. The first kappa shape index (κ1) is 30.0. The lowest BCUT2D eigenvalue weighted by Gasteiger charge is -2.40. The van der Waals surface area contributed by atoms with Crippen LogP contribution >= 0.6 is 0 Å². The van der Waals surface area contributed by atoms with Gasteiger partial charge in [-0.1, -0.05) is 12.1 Å². The van der Waals surface area contributed by atoms with Crippen LogP contribution in [0.25, 0.3) is 11.3 Å². The summed E-state index contributed by atoms with van der Waals surface area (Å²) in [6.45, 7) is 8.02. The number of rotatable bonds is 10. The highest BCUT2D eigenvalue weighted by Crippen LogP contribution is 2.38. The normalized spacial score (nSPS) is 16.8. The highest BCUT2D eigenvalue weighted by atomic mass is 32.2. The maximum absolute atomic E-state index is 14.0. The number of piperidine rings is 1. The molecule has 1 aromatic carbocycles. The molecular formula is C27H37F2N3O5S. The molecule has 2 heterocycles. The number of carbonyl (C=O) groups is 1. The minimum Gasteiger partial charge on any atom is -0.459 e. The summed E-state index contributed by atoms with van der Waals surface area (Å²) in [4.78, 5) is 24.0. The molecule has 0 spiro atoms. The number of esters is 1. The summed E-state index contributed by atoms with van der Waals surface area (Å²) in [6.07, 6.45) is 2.92. The fourth-order valence-corrected chi connectivity index (χ4v) is 6.25. The van der Waals surface area contributed by atoms with Gasteiger partial charge in [0.25, 0.3) is 0 Å². The van der Waals surface area contributed by atoms with E-state index in [-0.39, 0.29) is 30.6 Å². The van der Waals surface area contributed by atoms with Gasteiger partial charge in [-0.15, -0.1) is 0 Å². The van der Waals surface area contributed by atoms with Crippen molar-refractivity contribution in [3.05, 3.63) is 42.4 Å². The van der Waals surface area contributed by atoms with E-state index in [4.69, 9.17) is 9.47 Å². The van der Waals surface area contributed by atoms with Gasteiger partial charge in [0.05, 0.1) is 29.1 Å². The third-order valence-corrected chi connectivity index (χ3v) is 9.04. The molecule has 1 saturated heterocycles. The lowest BCUT2D eigenvalue weighted by molar-refractivity contribution is -0.159. The van der Waals surface area contributed by atoms with Gasteiger partial charge in [-0.3, -0.25) is 14.8 Å². The van der Waals surface area contributed by atoms with Crippen LogP contribution in [0.3, 0.4) is 0 Å². The van der Waals surface area contributed by atoms with Crippen molar-refractivity contribution in [1.29, 1.82) is 0 Å². The van der Waals surface area contributed by atoms with Crippen LogP contribution in [-0.4, -0.2) is 78.9 Å². The van der Waals surface area contributed by atoms with E-state index in [1.807, 2.05) is 0 Å². The quantitative estimate of drug-likeness (QED) is 0.401. The Morgan fingerprint density at radius 2 is 1.68 bits per heavy atom. The lowest BCUT2D eigenvalue weighted by atomic mass is 9.95. The predicted molar refractivity (Wildman–Crippen MR) is 140 cm³/mol. The molecule has 3 rings (SSSR count). The molecule has 1 aliphatic rings. The van der Waals surface area contributed by atoms with Crippen molar-refractivity contribution >= 4 is 15.8 Å². The second-order valence-corrected chi connectivity index (χ2v) is 13.1. The number of carbonyl (C=O) groups excluding carboxylic acids is 1. The van der Waals surface area contributed by atoms with Crippen molar-refractivity contribution in [2.45, 2.75) is 74.5 Å². The number of benzene rings is 1. The summed E-state index contributed by atoms with van der Waals surface area (Å²) in [7, 11) is -2.50. The molecule has 0 N–H and O–H groups in total. The van der Waals surface area contributed by atoms with Crippen LogP contribution in [-0.2, 0) is 30.5 Å². The molecule has 2 aromatic rings. The number of ether oxygens (including phenoxy) is 2. The molecule has 0 aliphatic carbocycles. The van der Waals surface area contributed by atoms with Gasteiger partial charge >= 0.3 is 5.97 Å². The van der Waals surface area contributed by atoms with Gasteiger partial charge in [0.15, 0.2) is 14.6 Å². The first-order chi connectivity index (χ1) is 17.7. The summed E-state index contributed by atoms with van der Waals surface area (Å²) < 4.78 is 63.2. The minimum atomic E-state index is -4.11. The Kier molecular flexibility index (Phi) is 9.26. The zero-order chi connectivity index (χ0) is 28.2. The highest BCUT2D eigenvalue weighted by molar-refractivity contribution is 7.93. The van der Waals surface area contributed by atoms with Crippen LogP contribution in [0.1, 0.15) is 52.7 Å². The van der Waals surface area contributed by atoms with Crippen LogP contribution in [0.4, 0.5) is 8.78 Å². The van der Waals surface area contributed by atoms with Gasteiger partial charge < -0.3 is 14.4 Å². The largest absolute Gasteiger partial charge is 0.459 e. The van der Waals surface area contributed by atoms with E-state index in [9.17, 15) is 22.0 Å². The zero-order valence-corrected chi connectivity index (χ0v) is 23.5. The number of hydrogen-bond acceptors (Lipinski definition) is 8. The first-order valence-electron chi connectivity index (χ1n) is 12.7. The van der Waals surface area contributed by atoms with E-state index in [1.165, 1.54) is 24.5 Å². The van der Waals surface area contributed by atoms with E-state index in [0.29, 0.717) is 43.2 Å². The average Bonchev–Trinajstić information content (AvgIpc) is 2.85. The molecule has 0 radical (unpaired) electrons. The van der Waals surface area contributed by atoms with E-state index in [0.717, 1.165) is 6.92 Å². The third kappa shape index (κ3) is 7.33. The smallest absolute Gasteiger partial charge is 0.328 e. The molecule has 11 heteroatoms. The Balaban J connectivity index is 1.85. The zero-order valence-electron chi connectivity index (χ0n) is 22.7. The number of methoxy groups -OCH3 is 1. The van der Waals surface area contributed by atoms with Crippen LogP contribution in [0, 0.1) is 0 Å². The standard InChI is InChI=1S/C27H37F2N3O5S/c1-25(2,3)37-24(33)27(12-14-32(15-13-27)16-17-36-5)38(34,35)22-8-6-20(7-9-22)23-19-30-21(18-31-23)10-11-26(4,28)29/h6-9,18-19H,10-17H2,1-5H3. The lowest BCUT2D eigenvalue weighted by Crippen LogP contribution is -2.56. The number of nitrogens with zero attached hydrogens (tertiary/aromatic N) is 3. The summed E-state index contributed by atoms with van der Waals surface area (Å²) in [5, 5.41) is 0. The van der Waals surface area contributed by atoms with Gasteiger partial charge in [0.1, 0.15) is 5.60 Å². The van der Waals surface area contributed by atoms with E-state index >= 15 is 0 Å². The van der Waals surface area contributed by atoms with Gasteiger partial charge in [-0.2, -0.15) is 0 Å². The Hall–Kier alpha value is -2.50. The molecule has 0 saturated carbocycles. The first-order valence-corrected chi connectivity index (χ1v) is 14.1. The van der Waals surface area contributed by atoms with Crippen molar-refractivity contribution in [2.75, 3.05) is 33.4 Å². The summed E-state index contributed by atoms with van der Waals surface area (Å²) in [5.74, 6) is -3.52. The number of aromatic nitrogens is 2. The fraction of sp³-hybridized carbons (Fsp3) is 0.593. The van der Waals surface area contributed by atoms with E-state index in [1.54, 1.807) is 40.0 Å². The summed E-state index contributed by atoms with van der Waals surface area (Å²) in [5.41, 5.74) is 0.707. The number of hydrogen-bond donors (Lipinski definition) is 0. The van der Waals surface area contributed by atoms with Crippen LogP contribution in [0.5, 0.6) is 0 Å². The number of likely N-dealkylation sites (tertiary alicyclic amines) is 1. The molecule has 38 heavy (non-hydrogen) atoms. The van der Waals surface area contributed by atoms with Crippen molar-refractivity contribution in [3.63, 3.8) is 0 Å². The Labute approximate surface area is 223 Å². The fourth-order valence-electron chi connectivity index (χ4n) is 4.32. The van der Waals surface area contributed by atoms with E-state index in [2.05, 4.69) is 14.9 Å². The van der Waals surface area contributed by atoms with Crippen molar-refractivity contribution < 1.29 is 31.5 Å². The van der Waals surface area contributed by atoms with Crippen molar-refractivity contribution in [2.24, 2.45) is 0 Å². The summed E-state index contributed by atoms with van der Waals surface area (Å²) in [6, 6.07) is 6.13. The Morgan fingerprint density at radius 1 is 1.05 bits per heavy atom. The number of halogens is 2. The SMILES string of the molecule is COCCN1CCC(C(=O)OC(C)(C)C)(S(=O)(=O)c2ccc(-c3cnc(CCC(C)(F)F)cn3)cc2)CC1. The maximum atomic E-state index is 14.0.